The maximum Gasteiger partial charge on any atom is 0.213 e. The summed E-state index contributed by atoms with van der Waals surface area (Å²) >= 11 is 0. The summed E-state index contributed by atoms with van der Waals surface area (Å²) in [6, 6.07) is 20.1. The Labute approximate surface area is 173 Å². The van der Waals surface area contributed by atoms with Crippen LogP contribution in [0.1, 0.15) is 33.2 Å². The van der Waals surface area contributed by atoms with Gasteiger partial charge in [-0.15, -0.1) is 0 Å². The number of nitrogens with zero attached hydrogens (tertiary/aromatic N) is 1. The summed E-state index contributed by atoms with van der Waals surface area (Å²) < 4.78 is 13.4. The number of aliphatic hydroxyl groups excluding tert-OH is 1. The maximum absolute atomic E-state index is 13.4. The Morgan fingerprint density at radius 1 is 1.03 bits per heavy atom. The van der Waals surface area contributed by atoms with E-state index in [1.807, 2.05) is 31.2 Å². The molecule has 0 radical (unpaired) electrons. The number of Topliss-reactive ketones (excluding diaryl/α,β-unsaturated/α-hetero) is 1. The fourth-order valence-electron chi connectivity index (χ4n) is 3.27. The number of anilines is 1. The summed E-state index contributed by atoms with van der Waals surface area (Å²) in [6.07, 6.45) is -1.13. The minimum absolute atomic E-state index is 0.0241. The van der Waals surface area contributed by atoms with E-state index in [4.69, 9.17) is 5.73 Å². The first-order valence-corrected chi connectivity index (χ1v) is 9.43. The van der Waals surface area contributed by atoms with Crippen LogP contribution in [0.2, 0.25) is 0 Å². The Balaban J connectivity index is 1.81. The van der Waals surface area contributed by atoms with Gasteiger partial charge in [-0.1, -0.05) is 42.0 Å². The Kier molecular flexibility index (Phi) is 5.16. The molecule has 3 aromatic rings. The molecule has 1 unspecified atom stereocenters. The van der Waals surface area contributed by atoms with E-state index in [9.17, 15) is 14.3 Å². The second-order valence-electron chi connectivity index (χ2n) is 7.08. The van der Waals surface area contributed by atoms with Gasteiger partial charge >= 0.3 is 0 Å². The number of nitrogens with two attached hydrogens (primary N) is 1. The molecule has 5 nitrogen and oxygen atoms in total. The van der Waals surface area contributed by atoms with E-state index in [1.54, 1.807) is 36.4 Å². The molecule has 150 valence electrons. The van der Waals surface area contributed by atoms with Gasteiger partial charge in [0.05, 0.1) is 5.70 Å². The van der Waals surface area contributed by atoms with Crippen LogP contribution < -0.4 is 11.1 Å². The van der Waals surface area contributed by atoms with E-state index in [-0.39, 0.29) is 23.0 Å². The highest BCUT2D eigenvalue weighted by atomic mass is 19.1. The van der Waals surface area contributed by atoms with Crippen molar-refractivity contribution in [3.05, 3.63) is 112 Å². The van der Waals surface area contributed by atoms with Gasteiger partial charge in [0, 0.05) is 16.8 Å². The van der Waals surface area contributed by atoms with Crippen LogP contribution in [0.25, 0.3) is 0 Å². The quantitative estimate of drug-likeness (QED) is 0.456. The largest absolute Gasteiger partial charge is 0.398 e. The molecular weight excluding hydrogens is 381 g/mol. The average molecular weight is 401 g/mol. The van der Waals surface area contributed by atoms with Gasteiger partial charge in [0.15, 0.2) is 0 Å². The fraction of sp³-hybridized carbons (Fsp3) is 0.0833. The molecule has 0 spiro atoms. The van der Waals surface area contributed by atoms with Crippen molar-refractivity contribution in [3.63, 3.8) is 0 Å². The lowest BCUT2D eigenvalue weighted by atomic mass is 9.89. The van der Waals surface area contributed by atoms with E-state index >= 15 is 0 Å². The standard InChI is InChI=1S/C24H20FN3O2/c1-14-6-12-17(13-7-14)27-24(15-8-10-16(25)11-9-15)28-21-20(26)22(29)18-4-2-3-5-19(18)23(21)30/h2-13,22,29H,26H2,1H3,(H,27,28). The van der Waals surface area contributed by atoms with E-state index in [2.05, 4.69) is 10.3 Å². The highest BCUT2D eigenvalue weighted by Crippen LogP contribution is 2.32. The topological polar surface area (TPSA) is 87.7 Å². The summed E-state index contributed by atoms with van der Waals surface area (Å²) in [5.74, 6) is -0.444. The number of halogens is 1. The minimum atomic E-state index is -1.13. The Bertz CT molecular complexity index is 1170. The van der Waals surface area contributed by atoms with Crippen molar-refractivity contribution in [2.45, 2.75) is 13.0 Å². The molecule has 0 aromatic heterocycles. The van der Waals surface area contributed by atoms with Crippen LogP contribution in [0.4, 0.5) is 10.1 Å². The zero-order valence-electron chi connectivity index (χ0n) is 16.3. The van der Waals surface area contributed by atoms with E-state index < -0.39 is 6.10 Å². The van der Waals surface area contributed by atoms with Gasteiger partial charge in [-0.05, 0) is 48.9 Å². The Morgan fingerprint density at radius 3 is 2.40 bits per heavy atom. The van der Waals surface area contributed by atoms with Crippen LogP contribution in [0, 0.1) is 12.7 Å². The lowest BCUT2D eigenvalue weighted by Crippen LogP contribution is -2.26. The number of aliphatic imine (C=N–C) groups is 1. The van der Waals surface area contributed by atoms with Crippen molar-refractivity contribution >= 4 is 17.3 Å². The molecule has 1 aliphatic rings. The SMILES string of the molecule is Cc1ccc(NC(=NC2=C(N)C(O)c3ccccc3C2=O)c2ccc(F)cc2)cc1. The van der Waals surface area contributed by atoms with Crippen LogP contribution in [-0.4, -0.2) is 16.7 Å². The first-order chi connectivity index (χ1) is 14.4. The number of allylic oxidation sites excluding steroid dienone is 1. The second-order valence-corrected chi connectivity index (χ2v) is 7.08. The minimum Gasteiger partial charge on any atom is -0.398 e. The number of carbonyl (C=O) groups is 1. The molecule has 1 atom stereocenters. The lowest BCUT2D eigenvalue weighted by molar-refractivity contribution is 0.101. The molecule has 0 saturated carbocycles. The number of hydrogen-bond acceptors (Lipinski definition) is 4. The number of amidine groups is 1. The van der Waals surface area contributed by atoms with Gasteiger partial charge in [0.1, 0.15) is 23.5 Å². The second kappa shape index (κ2) is 7.93. The van der Waals surface area contributed by atoms with Crippen LogP contribution in [0.5, 0.6) is 0 Å². The van der Waals surface area contributed by atoms with Crippen molar-refractivity contribution in [2.24, 2.45) is 10.7 Å². The van der Waals surface area contributed by atoms with Gasteiger partial charge in [-0.2, -0.15) is 0 Å². The van der Waals surface area contributed by atoms with Gasteiger partial charge in [0.2, 0.25) is 5.78 Å². The van der Waals surface area contributed by atoms with E-state index in [1.165, 1.54) is 12.1 Å². The molecule has 6 heteroatoms. The zero-order chi connectivity index (χ0) is 21.3. The first kappa shape index (κ1) is 19.5. The molecule has 1 aliphatic carbocycles. The van der Waals surface area contributed by atoms with Gasteiger partial charge in [0.25, 0.3) is 0 Å². The molecule has 0 aliphatic heterocycles. The predicted octanol–water partition coefficient (Wildman–Crippen LogP) is 4.09. The molecule has 4 rings (SSSR count). The van der Waals surface area contributed by atoms with Crippen molar-refractivity contribution in [1.29, 1.82) is 0 Å². The number of rotatable bonds is 3. The number of nitrogens with one attached hydrogen (secondary N) is 1. The number of aliphatic hydroxyl groups is 1. The molecular formula is C24H20FN3O2. The smallest absolute Gasteiger partial charge is 0.213 e. The lowest BCUT2D eigenvalue weighted by Gasteiger charge is -2.23. The monoisotopic (exact) mass is 401 g/mol. The number of carbonyl (C=O) groups excluding carboxylic acids is 1. The van der Waals surface area contributed by atoms with Gasteiger partial charge < -0.3 is 16.2 Å². The van der Waals surface area contributed by atoms with Crippen LogP contribution >= 0.6 is 0 Å². The van der Waals surface area contributed by atoms with Crippen molar-refractivity contribution in [2.75, 3.05) is 5.32 Å². The Morgan fingerprint density at radius 2 is 1.70 bits per heavy atom. The third-order valence-corrected chi connectivity index (χ3v) is 4.94. The summed E-state index contributed by atoms with van der Waals surface area (Å²) in [5, 5.41) is 13.8. The summed E-state index contributed by atoms with van der Waals surface area (Å²) in [6.45, 7) is 1.98. The predicted molar refractivity (Wildman–Crippen MR) is 115 cm³/mol. The number of ketones is 1. The maximum atomic E-state index is 13.4. The molecule has 3 aromatic carbocycles. The number of fused-ring (bicyclic) bond motifs is 1. The molecule has 4 N–H and O–H groups in total. The van der Waals surface area contributed by atoms with Gasteiger partial charge in [-0.3, -0.25) is 4.79 Å². The van der Waals surface area contributed by atoms with Crippen LogP contribution in [0.15, 0.2) is 89.2 Å². The van der Waals surface area contributed by atoms with Crippen LogP contribution in [-0.2, 0) is 0 Å². The summed E-state index contributed by atoms with van der Waals surface area (Å²) in [7, 11) is 0. The average Bonchev–Trinajstić information content (AvgIpc) is 2.76. The third-order valence-electron chi connectivity index (χ3n) is 4.94. The fourth-order valence-corrected chi connectivity index (χ4v) is 3.27. The molecule has 0 amide bonds. The van der Waals surface area contributed by atoms with Crippen molar-refractivity contribution in [3.8, 4) is 0 Å². The molecule has 0 fully saturated rings. The zero-order valence-corrected chi connectivity index (χ0v) is 16.3. The third kappa shape index (κ3) is 3.73. The molecule has 30 heavy (non-hydrogen) atoms. The highest BCUT2D eigenvalue weighted by Gasteiger charge is 2.31. The van der Waals surface area contributed by atoms with Gasteiger partial charge in [-0.25, -0.2) is 9.38 Å². The van der Waals surface area contributed by atoms with E-state index in [0.29, 0.717) is 22.5 Å². The number of benzene rings is 3. The Hall–Kier alpha value is -3.77. The number of hydrogen-bond donors (Lipinski definition) is 3. The molecule has 0 heterocycles. The highest BCUT2D eigenvalue weighted by molar-refractivity contribution is 6.16. The summed E-state index contributed by atoms with van der Waals surface area (Å²) in [5.41, 5.74) is 9.25. The molecule has 0 bridgehead atoms. The van der Waals surface area contributed by atoms with E-state index in [0.717, 1.165) is 11.3 Å². The first-order valence-electron chi connectivity index (χ1n) is 9.43. The normalized spacial score (nSPS) is 16.4. The molecule has 0 saturated heterocycles. The number of aryl methyl sites for hydroxylation is 1. The summed E-state index contributed by atoms with van der Waals surface area (Å²) in [4.78, 5) is 17.5. The van der Waals surface area contributed by atoms with Crippen molar-refractivity contribution < 1.29 is 14.3 Å². The van der Waals surface area contributed by atoms with Crippen LogP contribution in [0.3, 0.4) is 0 Å². The van der Waals surface area contributed by atoms with Crippen molar-refractivity contribution in [1.82, 2.24) is 0 Å².